The molecule has 168 valence electrons. The molecule has 1 aliphatic rings. The highest BCUT2D eigenvalue weighted by Gasteiger charge is 2.46. The van der Waals surface area contributed by atoms with Crippen molar-refractivity contribution in [1.82, 2.24) is 9.78 Å². The first kappa shape index (κ1) is 21.5. The monoisotopic (exact) mass is 446 g/mol. The topological polar surface area (TPSA) is 77.4 Å². The minimum atomic E-state index is -4.53. The zero-order valence-electron chi connectivity index (χ0n) is 17.3. The third-order valence-corrected chi connectivity index (χ3v) is 5.29. The zero-order valence-corrected chi connectivity index (χ0v) is 17.3. The molecule has 2 aromatic carbocycles. The van der Waals surface area contributed by atoms with E-state index in [0.29, 0.717) is 22.7 Å². The molecule has 2 heterocycles. The summed E-state index contributed by atoms with van der Waals surface area (Å²) in [7, 11) is 3.04. The lowest BCUT2D eigenvalue weighted by atomic mass is 9.97. The van der Waals surface area contributed by atoms with Crippen LogP contribution >= 0.6 is 0 Å². The van der Waals surface area contributed by atoms with Crippen LogP contribution in [0.1, 0.15) is 34.6 Å². The fourth-order valence-corrected chi connectivity index (χ4v) is 3.61. The highest BCUT2D eigenvalue weighted by molar-refractivity contribution is 6.03. The van der Waals surface area contributed by atoms with Gasteiger partial charge >= 0.3 is 6.18 Å². The summed E-state index contributed by atoms with van der Waals surface area (Å²) in [5.74, 6) is 0.738. The molecule has 0 saturated heterocycles. The highest BCUT2D eigenvalue weighted by atomic mass is 19.4. The van der Waals surface area contributed by atoms with Gasteiger partial charge in [0.15, 0.2) is 11.7 Å². The molecule has 1 aliphatic heterocycles. The van der Waals surface area contributed by atoms with Crippen molar-refractivity contribution in [2.75, 3.05) is 24.9 Å². The van der Waals surface area contributed by atoms with Gasteiger partial charge in [-0.05, 0) is 42.0 Å². The Morgan fingerprint density at radius 2 is 1.66 bits per heavy atom. The van der Waals surface area contributed by atoms with Crippen LogP contribution in [0, 0.1) is 0 Å². The Labute approximate surface area is 182 Å². The van der Waals surface area contributed by atoms with Gasteiger partial charge in [0, 0.05) is 18.2 Å². The number of rotatable bonds is 5. The summed E-state index contributed by atoms with van der Waals surface area (Å²) < 4.78 is 52.5. The first-order chi connectivity index (χ1) is 15.3. The Kier molecular flexibility index (Phi) is 5.68. The van der Waals surface area contributed by atoms with Gasteiger partial charge in [0.05, 0.1) is 20.3 Å². The molecule has 0 radical (unpaired) electrons. The largest absolute Gasteiger partial charge is 0.497 e. The van der Waals surface area contributed by atoms with Crippen molar-refractivity contribution < 1.29 is 27.4 Å². The number of hydrogen-bond donors (Lipinski definition) is 2. The van der Waals surface area contributed by atoms with E-state index in [1.165, 1.54) is 20.3 Å². The number of fused-ring (bicyclic) bond motifs is 1. The predicted molar refractivity (Wildman–Crippen MR) is 112 cm³/mol. The molecular formula is C22H21F3N4O3. The number of amides is 1. The van der Waals surface area contributed by atoms with Crippen LogP contribution < -0.4 is 20.1 Å². The van der Waals surface area contributed by atoms with Crippen LogP contribution in [-0.2, 0) is 0 Å². The first-order valence-electron chi connectivity index (χ1n) is 9.80. The molecule has 2 N–H and O–H groups in total. The SMILES string of the molecule is COc1ccc(NC(=O)c2cc3n(n2)[C@@H](C(F)(F)F)C[C@H](c2ccc(OC)cc2)N3)cc1. The van der Waals surface area contributed by atoms with E-state index < -0.39 is 24.2 Å². The molecule has 1 aromatic heterocycles. The molecule has 0 unspecified atom stereocenters. The van der Waals surface area contributed by atoms with Crippen LogP contribution in [0.15, 0.2) is 54.6 Å². The number of nitrogens with one attached hydrogen (secondary N) is 2. The molecule has 0 spiro atoms. The Bertz CT molecular complexity index is 1100. The van der Waals surface area contributed by atoms with Crippen molar-refractivity contribution in [2.24, 2.45) is 0 Å². The summed E-state index contributed by atoms with van der Waals surface area (Å²) in [5.41, 5.74) is 1.03. The van der Waals surface area contributed by atoms with Gasteiger partial charge in [-0.15, -0.1) is 0 Å². The summed E-state index contributed by atoms with van der Waals surface area (Å²) in [6.45, 7) is 0. The number of carbonyl (C=O) groups is 1. The van der Waals surface area contributed by atoms with Crippen LogP contribution in [0.25, 0.3) is 0 Å². The average molecular weight is 446 g/mol. The fraction of sp³-hybridized carbons (Fsp3) is 0.273. The second-order valence-electron chi connectivity index (χ2n) is 7.31. The molecule has 0 fully saturated rings. The van der Waals surface area contributed by atoms with E-state index in [4.69, 9.17) is 9.47 Å². The number of aromatic nitrogens is 2. The third kappa shape index (κ3) is 4.34. The summed E-state index contributed by atoms with van der Waals surface area (Å²) in [4.78, 5) is 12.6. The standard InChI is InChI=1S/C22H21F3N4O3/c1-31-15-7-3-13(4-8-15)17-11-19(22(23,24)25)29-20(27-17)12-18(28-29)21(30)26-14-5-9-16(32-2)10-6-14/h3-10,12,17,19,27H,11H2,1-2H3,(H,26,30)/t17-,19-/m1/s1. The van der Waals surface area contributed by atoms with Gasteiger partial charge in [-0.1, -0.05) is 12.1 Å². The number of hydrogen-bond acceptors (Lipinski definition) is 5. The van der Waals surface area contributed by atoms with Crippen LogP contribution in [-0.4, -0.2) is 36.1 Å². The summed E-state index contributed by atoms with van der Waals surface area (Å²) in [6, 6.07) is 12.3. The second-order valence-corrected chi connectivity index (χ2v) is 7.31. The maximum absolute atomic E-state index is 13.8. The Hall–Kier alpha value is -3.69. The van der Waals surface area contributed by atoms with Gasteiger partial charge in [0.1, 0.15) is 17.3 Å². The smallest absolute Gasteiger partial charge is 0.410 e. The Morgan fingerprint density at radius 1 is 1.06 bits per heavy atom. The van der Waals surface area contributed by atoms with Crippen LogP contribution in [0.4, 0.5) is 24.7 Å². The molecule has 2 atom stereocenters. The number of anilines is 2. The van der Waals surface area contributed by atoms with Crippen molar-refractivity contribution in [2.45, 2.75) is 24.7 Å². The molecule has 1 amide bonds. The van der Waals surface area contributed by atoms with Gasteiger partial charge in [0.25, 0.3) is 5.91 Å². The molecular weight excluding hydrogens is 425 g/mol. The molecule has 4 rings (SSSR count). The van der Waals surface area contributed by atoms with Gasteiger partial charge in [-0.2, -0.15) is 18.3 Å². The lowest BCUT2D eigenvalue weighted by Gasteiger charge is -2.33. The van der Waals surface area contributed by atoms with E-state index in [1.54, 1.807) is 48.5 Å². The van der Waals surface area contributed by atoms with Gasteiger partial charge in [-0.3, -0.25) is 4.79 Å². The minimum Gasteiger partial charge on any atom is -0.497 e. The summed E-state index contributed by atoms with van der Waals surface area (Å²) in [6.07, 6.45) is -4.79. The Morgan fingerprint density at radius 3 is 2.22 bits per heavy atom. The van der Waals surface area contributed by atoms with Crippen LogP contribution in [0.3, 0.4) is 0 Å². The second kappa shape index (κ2) is 8.45. The van der Waals surface area contributed by atoms with Crippen molar-refractivity contribution in [3.05, 3.63) is 65.9 Å². The van der Waals surface area contributed by atoms with E-state index >= 15 is 0 Å². The predicted octanol–water partition coefficient (Wildman–Crippen LogP) is 4.81. The van der Waals surface area contributed by atoms with Crippen molar-refractivity contribution in [1.29, 1.82) is 0 Å². The van der Waals surface area contributed by atoms with E-state index in [2.05, 4.69) is 15.7 Å². The van der Waals surface area contributed by atoms with E-state index in [1.807, 2.05) is 0 Å². The minimum absolute atomic E-state index is 0.118. The van der Waals surface area contributed by atoms with E-state index in [9.17, 15) is 18.0 Å². The van der Waals surface area contributed by atoms with Gasteiger partial charge in [-0.25, -0.2) is 4.68 Å². The van der Waals surface area contributed by atoms with E-state index in [0.717, 1.165) is 4.68 Å². The fourth-order valence-electron chi connectivity index (χ4n) is 3.61. The normalized spacial score (nSPS) is 17.8. The van der Waals surface area contributed by atoms with Gasteiger partial charge in [0.2, 0.25) is 0 Å². The maximum atomic E-state index is 13.8. The number of methoxy groups -OCH3 is 2. The molecule has 0 saturated carbocycles. The zero-order chi connectivity index (χ0) is 22.9. The molecule has 32 heavy (non-hydrogen) atoms. The summed E-state index contributed by atoms with van der Waals surface area (Å²) in [5, 5.41) is 9.67. The molecule has 7 nitrogen and oxygen atoms in total. The average Bonchev–Trinajstić information content (AvgIpc) is 3.22. The molecule has 0 aliphatic carbocycles. The van der Waals surface area contributed by atoms with Gasteiger partial charge < -0.3 is 20.1 Å². The lowest BCUT2D eigenvalue weighted by molar-refractivity contribution is -0.173. The van der Waals surface area contributed by atoms with Crippen LogP contribution in [0.2, 0.25) is 0 Å². The van der Waals surface area contributed by atoms with E-state index in [-0.39, 0.29) is 17.9 Å². The lowest BCUT2D eigenvalue weighted by Crippen LogP contribution is -2.35. The Balaban J connectivity index is 1.60. The third-order valence-electron chi connectivity index (χ3n) is 5.29. The number of halogens is 3. The molecule has 10 heteroatoms. The van der Waals surface area contributed by atoms with Crippen molar-refractivity contribution in [3.8, 4) is 11.5 Å². The first-order valence-corrected chi connectivity index (χ1v) is 9.80. The number of nitrogens with zero attached hydrogens (tertiary/aromatic N) is 2. The highest BCUT2D eigenvalue weighted by Crippen LogP contribution is 2.43. The van der Waals surface area contributed by atoms with Crippen molar-refractivity contribution in [3.63, 3.8) is 0 Å². The quantitative estimate of drug-likeness (QED) is 0.588. The number of benzene rings is 2. The number of alkyl halides is 3. The molecule has 0 bridgehead atoms. The maximum Gasteiger partial charge on any atom is 0.410 e. The summed E-state index contributed by atoms with van der Waals surface area (Å²) >= 11 is 0. The number of ether oxygens (including phenoxy) is 2. The molecule has 3 aromatic rings. The number of carbonyl (C=O) groups excluding carboxylic acids is 1. The van der Waals surface area contributed by atoms with Crippen molar-refractivity contribution >= 4 is 17.4 Å². The van der Waals surface area contributed by atoms with Crippen LogP contribution in [0.5, 0.6) is 11.5 Å².